The molecule has 0 bridgehead atoms. The molecule has 0 radical (unpaired) electrons. The van der Waals surface area contributed by atoms with Crippen LogP contribution in [0.3, 0.4) is 0 Å². The number of anilines is 1. The first kappa shape index (κ1) is 20.6. The number of nitrogens with two attached hydrogens (primary N) is 2. The number of carbonyl (C=O) groups excluding carboxylic acids is 2. The molecule has 1 unspecified atom stereocenters. The average Bonchev–Trinajstić information content (AvgIpc) is 2.78. The van der Waals surface area contributed by atoms with Crippen LogP contribution in [-0.2, 0) is 16.0 Å². The smallest absolute Gasteiger partial charge is 0.225 e. The van der Waals surface area contributed by atoms with Crippen LogP contribution in [0.15, 0.2) is 34.8 Å². The van der Waals surface area contributed by atoms with Gasteiger partial charge >= 0.3 is 0 Å². The lowest BCUT2D eigenvalue weighted by molar-refractivity contribution is -0.117. The van der Waals surface area contributed by atoms with E-state index in [0.29, 0.717) is 0 Å². The number of carbonyl (C=O) groups is 2. The summed E-state index contributed by atoms with van der Waals surface area (Å²) in [7, 11) is 0. The molecule has 1 aromatic heterocycles. The maximum atomic E-state index is 11.7. The van der Waals surface area contributed by atoms with Crippen molar-refractivity contribution in [2.45, 2.75) is 25.8 Å². The van der Waals surface area contributed by atoms with Gasteiger partial charge in [0.25, 0.3) is 0 Å². The largest absolute Gasteiger partial charge is 0.369 e. The van der Waals surface area contributed by atoms with Gasteiger partial charge in [0.05, 0.1) is 6.42 Å². The number of halogens is 2. The second-order valence-electron chi connectivity index (χ2n) is 5.34. The van der Waals surface area contributed by atoms with Crippen molar-refractivity contribution in [1.29, 1.82) is 0 Å². The molecule has 2 amide bonds. The Bertz CT molecular complexity index is 717. The minimum atomic E-state index is -0.350. The minimum Gasteiger partial charge on any atom is -0.369 e. The van der Waals surface area contributed by atoms with E-state index in [1.807, 2.05) is 30.3 Å². The van der Waals surface area contributed by atoms with Gasteiger partial charge in [-0.05, 0) is 46.6 Å². The number of hydrogen-bond donors (Lipinski definition) is 3. The van der Waals surface area contributed by atoms with E-state index in [4.69, 9.17) is 11.5 Å². The molecular formula is C16H19BrClN3O2S. The summed E-state index contributed by atoms with van der Waals surface area (Å²) in [6, 6.07) is 9.27. The van der Waals surface area contributed by atoms with Gasteiger partial charge < -0.3 is 16.8 Å². The molecule has 0 aliphatic carbocycles. The lowest BCUT2D eigenvalue weighted by Gasteiger charge is -2.08. The Morgan fingerprint density at radius 1 is 1.29 bits per heavy atom. The Labute approximate surface area is 159 Å². The summed E-state index contributed by atoms with van der Waals surface area (Å²) in [6.45, 7) is 1.79. The highest BCUT2D eigenvalue weighted by Gasteiger charge is 2.11. The Morgan fingerprint density at radius 3 is 2.46 bits per heavy atom. The minimum absolute atomic E-state index is 0. The summed E-state index contributed by atoms with van der Waals surface area (Å²) >= 11 is 5.02. The second kappa shape index (κ2) is 9.17. The van der Waals surface area contributed by atoms with Crippen molar-refractivity contribution in [3.05, 3.63) is 39.7 Å². The molecule has 5 nitrogen and oxygen atoms in total. The molecular weight excluding hydrogens is 414 g/mol. The van der Waals surface area contributed by atoms with Gasteiger partial charge in [0, 0.05) is 32.4 Å². The molecule has 0 spiro atoms. The van der Waals surface area contributed by atoms with Crippen LogP contribution in [0.4, 0.5) is 5.69 Å². The van der Waals surface area contributed by atoms with Crippen molar-refractivity contribution in [1.82, 2.24) is 0 Å². The molecule has 1 aromatic carbocycles. The van der Waals surface area contributed by atoms with E-state index < -0.39 is 0 Å². The van der Waals surface area contributed by atoms with Gasteiger partial charge in [-0.15, -0.1) is 23.7 Å². The van der Waals surface area contributed by atoms with E-state index in [1.165, 1.54) is 11.3 Å². The van der Waals surface area contributed by atoms with Crippen LogP contribution in [0.2, 0.25) is 0 Å². The molecule has 24 heavy (non-hydrogen) atoms. The highest BCUT2D eigenvalue weighted by molar-refractivity contribution is 9.10. The Balaban J connectivity index is 0.00000288. The van der Waals surface area contributed by atoms with Crippen LogP contribution in [-0.4, -0.2) is 17.9 Å². The monoisotopic (exact) mass is 431 g/mol. The molecule has 1 atom stereocenters. The summed E-state index contributed by atoms with van der Waals surface area (Å²) in [4.78, 5) is 24.6. The third-order valence-electron chi connectivity index (χ3n) is 3.02. The van der Waals surface area contributed by atoms with Crippen molar-refractivity contribution in [3.8, 4) is 10.4 Å². The van der Waals surface area contributed by atoms with Crippen LogP contribution in [0, 0.1) is 0 Å². The normalized spacial score (nSPS) is 11.5. The highest BCUT2D eigenvalue weighted by atomic mass is 79.9. The topological polar surface area (TPSA) is 98.2 Å². The molecule has 8 heteroatoms. The maximum Gasteiger partial charge on any atom is 0.225 e. The number of rotatable bonds is 6. The third-order valence-corrected chi connectivity index (χ3v) is 5.10. The van der Waals surface area contributed by atoms with E-state index >= 15 is 0 Å². The van der Waals surface area contributed by atoms with E-state index in [0.717, 1.165) is 25.5 Å². The molecule has 0 fully saturated rings. The maximum absolute atomic E-state index is 11.7. The van der Waals surface area contributed by atoms with Crippen molar-refractivity contribution in [3.63, 3.8) is 0 Å². The number of thiophene rings is 1. The number of hydrogen-bond acceptors (Lipinski definition) is 4. The van der Waals surface area contributed by atoms with Crippen molar-refractivity contribution >= 4 is 57.2 Å². The number of benzene rings is 1. The fraction of sp³-hybridized carbons (Fsp3) is 0.250. The summed E-state index contributed by atoms with van der Waals surface area (Å²) in [5.41, 5.74) is 12.6. The summed E-state index contributed by atoms with van der Waals surface area (Å²) in [5.74, 6) is -0.453. The molecule has 1 heterocycles. The fourth-order valence-corrected chi connectivity index (χ4v) is 4.04. The predicted molar refractivity (Wildman–Crippen MR) is 104 cm³/mol. The first-order valence-electron chi connectivity index (χ1n) is 7.07. The van der Waals surface area contributed by atoms with Crippen LogP contribution in [0.25, 0.3) is 10.4 Å². The zero-order chi connectivity index (χ0) is 17.0. The SMILES string of the molecule is CC(N)CC(=O)Nc1ccc(-c2sc(CC(N)=O)cc2Br)cc1.Cl. The van der Waals surface area contributed by atoms with Crippen LogP contribution in [0.1, 0.15) is 18.2 Å². The Kier molecular flexibility index (Phi) is 7.89. The second-order valence-corrected chi connectivity index (χ2v) is 7.33. The Hall–Kier alpha value is -1.41. The van der Waals surface area contributed by atoms with Crippen LogP contribution >= 0.6 is 39.7 Å². The van der Waals surface area contributed by atoms with Crippen LogP contribution < -0.4 is 16.8 Å². The molecule has 5 N–H and O–H groups in total. The lowest BCUT2D eigenvalue weighted by Crippen LogP contribution is -2.23. The van der Waals surface area contributed by atoms with Gasteiger partial charge in [0.15, 0.2) is 0 Å². The fourth-order valence-electron chi connectivity index (χ4n) is 2.08. The molecule has 0 aliphatic heterocycles. The van der Waals surface area contributed by atoms with E-state index in [2.05, 4.69) is 21.2 Å². The van der Waals surface area contributed by atoms with E-state index in [1.54, 1.807) is 6.92 Å². The number of amides is 2. The standard InChI is InChI=1S/C16H18BrN3O2S.ClH/c1-9(18)6-15(22)20-11-4-2-10(3-5-11)16-13(17)7-12(23-16)8-14(19)21;/h2-5,7,9H,6,8,18H2,1H3,(H2,19,21)(H,20,22);1H. The zero-order valence-electron chi connectivity index (χ0n) is 13.0. The van der Waals surface area contributed by atoms with Gasteiger partial charge in [-0.3, -0.25) is 9.59 Å². The number of primary amides is 1. The van der Waals surface area contributed by atoms with Crippen LogP contribution in [0.5, 0.6) is 0 Å². The molecule has 2 aromatic rings. The predicted octanol–water partition coefficient (Wildman–Crippen LogP) is 3.30. The van der Waals surface area contributed by atoms with E-state index in [-0.39, 0.29) is 43.1 Å². The van der Waals surface area contributed by atoms with Gasteiger partial charge in [-0.2, -0.15) is 0 Å². The van der Waals surface area contributed by atoms with Gasteiger partial charge in [-0.25, -0.2) is 0 Å². The first-order valence-corrected chi connectivity index (χ1v) is 8.68. The van der Waals surface area contributed by atoms with Gasteiger partial charge in [-0.1, -0.05) is 12.1 Å². The van der Waals surface area contributed by atoms with Crippen molar-refractivity contribution in [2.75, 3.05) is 5.32 Å². The van der Waals surface area contributed by atoms with Crippen molar-refractivity contribution in [2.24, 2.45) is 11.5 Å². The van der Waals surface area contributed by atoms with E-state index in [9.17, 15) is 9.59 Å². The average molecular weight is 433 g/mol. The molecule has 2 rings (SSSR count). The first-order chi connectivity index (χ1) is 10.8. The number of nitrogens with one attached hydrogen (secondary N) is 1. The zero-order valence-corrected chi connectivity index (χ0v) is 16.3. The summed E-state index contributed by atoms with van der Waals surface area (Å²) < 4.78 is 0.924. The van der Waals surface area contributed by atoms with Gasteiger partial charge in [0.2, 0.25) is 11.8 Å². The van der Waals surface area contributed by atoms with Gasteiger partial charge in [0.1, 0.15) is 0 Å². The molecule has 130 valence electrons. The summed E-state index contributed by atoms with van der Waals surface area (Å²) in [5, 5.41) is 2.81. The molecule has 0 saturated heterocycles. The molecule has 0 aliphatic rings. The third kappa shape index (κ3) is 5.90. The molecule has 0 saturated carbocycles. The highest BCUT2D eigenvalue weighted by Crippen LogP contribution is 2.37. The quantitative estimate of drug-likeness (QED) is 0.653. The summed E-state index contributed by atoms with van der Waals surface area (Å²) in [6.07, 6.45) is 0.517. The lowest BCUT2D eigenvalue weighted by atomic mass is 10.1. The Morgan fingerprint density at radius 2 is 1.92 bits per heavy atom. The van der Waals surface area contributed by atoms with Crippen molar-refractivity contribution < 1.29 is 9.59 Å².